The van der Waals surface area contributed by atoms with Crippen molar-refractivity contribution in [2.45, 2.75) is 51.6 Å². The molecule has 0 aromatic carbocycles. The summed E-state index contributed by atoms with van der Waals surface area (Å²) >= 11 is 0. The van der Waals surface area contributed by atoms with Gasteiger partial charge in [0.05, 0.1) is 17.9 Å². The van der Waals surface area contributed by atoms with E-state index in [1.807, 2.05) is 20.0 Å². The Kier molecular flexibility index (Phi) is 5.52. The van der Waals surface area contributed by atoms with E-state index in [0.717, 1.165) is 55.6 Å². The van der Waals surface area contributed by atoms with Crippen LogP contribution in [0.25, 0.3) is 0 Å². The second-order valence-electron chi connectivity index (χ2n) is 7.69. The monoisotopic (exact) mass is 370 g/mol. The number of rotatable bonds is 5. The lowest BCUT2D eigenvalue weighted by atomic mass is 10.1. The van der Waals surface area contributed by atoms with Crippen molar-refractivity contribution in [1.29, 1.82) is 0 Å². The summed E-state index contributed by atoms with van der Waals surface area (Å²) < 4.78 is 2.08. The fraction of sp³-hybridized carbons (Fsp3) is 0.684. The second-order valence-corrected chi connectivity index (χ2v) is 7.69. The van der Waals surface area contributed by atoms with Gasteiger partial charge in [0, 0.05) is 38.4 Å². The van der Waals surface area contributed by atoms with Gasteiger partial charge in [0.2, 0.25) is 5.95 Å². The Hall–Kier alpha value is -2.22. The first-order valence-corrected chi connectivity index (χ1v) is 10.1. The molecule has 0 aliphatic carbocycles. The predicted octanol–water partition coefficient (Wildman–Crippen LogP) is 2.25. The van der Waals surface area contributed by atoms with Crippen LogP contribution in [-0.4, -0.2) is 63.1 Å². The zero-order chi connectivity index (χ0) is 18.6. The van der Waals surface area contributed by atoms with Gasteiger partial charge in [-0.25, -0.2) is 9.67 Å². The SMILES string of the molecule is CNc1cc(C)nc(N2CCC(n3cc(CN4CCCCC4)nn3)CC2)n1. The van der Waals surface area contributed by atoms with Crippen LogP contribution in [0.15, 0.2) is 12.3 Å². The van der Waals surface area contributed by atoms with Crippen LogP contribution in [0.1, 0.15) is 49.5 Å². The molecular formula is C19H30N8. The zero-order valence-corrected chi connectivity index (χ0v) is 16.4. The highest BCUT2D eigenvalue weighted by Gasteiger charge is 2.24. The van der Waals surface area contributed by atoms with Crippen molar-refractivity contribution < 1.29 is 0 Å². The van der Waals surface area contributed by atoms with E-state index >= 15 is 0 Å². The van der Waals surface area contributed by atoms with Gasteiger partial charge in [0.25, 0.3) is 0 Å². The summed E-state index contributed by atoms with van der Waals surface area (Å²) in [5.74, 6) is 1.69. The molecule has 8 heteroatoms. The van der Waals surface area contributed by atoms with Crippen molar-refractivity contribution in [3.05, 3.63) is 23.7 Å². The van der Waals surface area contributed by atoms with Crippen LogP contribution < -0.4 is 10.2 Å². The average Bonchev–Trinajstić information content (AvgIpc) is 3.17. The summed E-state index contributed by atoms with van der Waals surface area (Å²) in [6, 6.07) is 2.38. The van der Waals surface area contributed by atoms with Gasteiger partial charge in [0.15, 0.2) is 0 Å². The van der Waals surface area contributed by atoms with Crippen molar-refractivity contribution in [2.24, 2.45) is 0 Å². The van der Waals surface area contributed by atoms with Gasteiger partial charge >= 0.3 is 0 Å². The van der Waals surface area contributed by atoms with Crippen LogP contribution in [0.2, 0.25) is 0 Å². The van der Waals surface area contributed by atoms with Gasteiger partial charge in [-0.1, -0.05) is 11.6 Å². The third-order valence-corrected chi connectivity index (χ3v) is 5.61. The highest BCUT2D eigenvalue weighted by atomic mass is 15.4. The number of hydrogen-bond donors (Lipinski definition) is 1. The molecule has 2 fully saturated rings. The smallest absolute Gasteiger partial charge is 0.227 e. The van der Waals surface area contributed by atoms with E-state index in [4.69, 9.17) is 0 Å². The van der Waals surface area contributed by atoms with E-state index < -0.39 is 0 Å². The number of piperidine rings is 2. The van der Waals surface area contributed by atoms with Gasteiger partial charge in [-0.05, 0) is 45.7 Å². The Morgan fingerprint density at radius 3 is 2.59 bits per heavy atom. The summed E-state index contributed by atoms with van der Waals surface area (Å²) in [6.07, 6.45) is 8.21. The number of nitrogens with zero attached hydrogens (tertiary/aromatic N) is 7. The molecular weight excluding hydrogens is 340 g/mol. The molecule has 0 amide bonds. The Bertz CT molecular complexity index is 744. The summed E-state index contributed by atoms with van der Waals surface area (Å²) in [5, 5.41) is 12.0. The Morgan fingerprint density at radius 2 is 1.85 bits per heavy atom. The van der Waals surface area contributed by atoms with Crippen molar-refractivity contribution in [2.75, 3.05) is 43.4 Å². The molecule has 27 heavy (non-hydrogen) atoms. The predicted molar refractivity (Wildman–Crippen MR) is 106 cm³/mol. The van der Waals surface area contributed by atoms with Gasteiger partial charge < -0.3 is 10.2 Å². The van der Waals surface area contributed by atoms with Gasteiger partial charge in [-0.3, -0.25) is 4.90 Å². The third-order valence-electron chi connectivity index (χ3n) is 5.61. The molecule has 0 atom stereocenters. The average molecular weight is 371 g/mol. The maximum atomic E-state index is 4.61. The van der Waals surface area contributed by atoms with Crippen LogP contribution in [-0.2, 0) is 6.54 Å². The first kappa shape index (κ1) is 18.2. The van der Waals surface area contributed by atoms with Crippen molar-refractivity contribution in [1.82, 2.24) is 29.9 Å². The van der Waals surface area contributed by atoms with E-state index in [-0.39, 0.29) is 0 Å². The Balaban J connectivity index is 1.34. The van der Waals surface area contributed by atoms with Crippen molar-refractivity contribution in [3.8, 4) is 0 Å². The summed E-state index contributed by atoms with van der Waals surface area (Å²) in [7, 11) is 1.89. The topological polar surface area (TPSA) is 75.0 Å². The first-order chi connectivity index (χ1) is 13.2. The van der Waals surface area contributed by atoms with Crippen LogP contribution in [0.5, 0.6) is 0 Å². The van der Waals surface area contributed by atoms with E-state index in [9.17, 15) is 0 Å². The molecule has 2 aliphatic rings. The molecule has 4 heterocycles. The molecule has 146 valence electrons. The second kappa shape index (κ2) is 8.21. The van der Waals surface area contributed by atoms with Crippen molar-refractivity contribution >= 4 is 11.8 Å². The van der Waals surface area contributed by atoms with E-state index in [1.165, 1.54) is 32.4 Å². The molecule has 0 spiro atoms. The Morgan fingerprint density at radius 1 is 1.07 bits per heavy atom. The molecule has 2 saturated heterocycles. The summed E-state index contributed by atoms with van der Waals surface area (Å²) in [4.78, 5) is 14.0. The highest BCUT2D eigenvalue weighted by molar-refractivity contribution is 5.43. The molecule has 0 radical (unpaired) electrons. The number of aryl methyl sites for hydroxylation is 1. The Labute approximate surface area is 161 Å². The first-order valence-electron chi connectivity index (χ1n) is 10.1. The molecule has 0 unspecified atom stereocenters. The van der Waals surface area contributed by atoms with Crippen LogP contribution in [0.3, 0.4) is 0 Å². The van der Waals surface area contributed by atoms with Crippen LogP contribution in [0, 0.1) is 6.92 Å². The summed E-state index contributed by atoms with van der Waals surface area (Å²) in [5.41, 5.74) is 2.09. The number of hydrogen-bond acceptors (Lipinski definition) is 7. The van der Waals surface area contributed by atoms with Crippen LogP contribution >= 0.6 is 0 Å². The molecule has 4 rings (SSSR count). The third kappa shape index (κ3) is 4.37. The maximum absolute atomic E-state index is 4.61. The highest BCUT2D eigenvalue weighted by Crippen LogP contribution is 2.25. The van der Waals surface area contributed by atoms with Gasteiger partial charge in [-0.2, -0.15) is 4.98 Å². The lowest BCUT2D eigenvalue weighted by Gasteiger charge is -2.32. The van der Waals surface area contributed by atoms with Crippen LogP contribution in [0.4, 0.5) is 11.8 Å². The lowest BCUT2D eigenvalue weighted by Crippen LogP contribution is -2.36. The molecule has 2 aliphatic heterocycles. The van der Waals surface area contributed by atoms with E-state index in [2.05, 4.69) is 46.3 Å². The summed E-state index contributed by atoms with van der Waals surface area (Å²) in [6.45, 7) is 7.21. The molecule has 8 nitrogen and oxygen atoms in total. The van der Waals surface area contributed by atoms with Gasteiger partial charge in [-0.15, -0.1) is 5.10 Å². The minimum atomic E-state index is 0.414. The number of aromatic nitrogens is 5. The molecule has 0 bridgehead atoms. The minimum Gasteiger partial charge on any atom is -0.373 e. The lowest BCUT2D eigenvalue weighted by molar-refractivity contribution is 0.218. The fourth-order valence-electron chi connectivity index (χ4n) is 4.06. The molecule has 0 saturated carbocycles. The number of nitrogens with one attached hydrogen (secondary N) is 1. The number of likely N-dealkylation sites (tertiary alicyclic amines) is 1. The minimum absolute atomic E-state index is 0.414. The maximum Gasteiger partial charge on any atom is 0.227 e. The molecule has 2 aromatic rings. The van der Waals surface area contributed by atoms with Crippen molar-refractivity contribution in [3.63, 3.8) is 0 Å². The zero-order valence-electron chi connectivity index (χ0n) is 16.4. The molecule has 1 N–H and O–H groups in total. The normalized spacial score (nSPS) is 19.4. The fourth-order valence-corrected chi connectivity index (χ4v) is 4.06. The quantitative estimate of drug-likeness (QED) is 0.865. The van der Waals surface area contributed by atoms with E-state index in [0.29, 0.717) is 6.04 Å². The van der Waals surface area contributed by atoms with E-state index in [1.54, 1.807) is 0 Å². The van der Waals surface area contributed by atoms with Gasteiger partial charge in [0.1, 0.15) is 5.82 Å². The molecule has 2 aromatic heterocycles. The largest absolute Gasteiger partial charge is 0.373 e. The standard InChI is InChI=1S/C19H30N8/c1-15-12-18(20-2)22-19(21-15)26-10-6-17(7-11-26)27-14-16(23-24-27)13-25-8-4-3-5-9-25/h12,14,17H,3-11,13H2,1-2H3,(H,20,21,22). The number of anilines is 2.